The molecule has 0 aromatic heterocycles. The van der Waals surface area contributed by atoms with Crippen LogP contribution in [0.3, 0.4) is 0 Å². The predicted octanol–water partition coefficient (Wildman–Crippen LogP) is 0.261. The summed E-state index contributed by atoms with van der Waals surface area (Å²) < 4.78 is 9.65. The highest BCUT2D eigenvalue weighted by atomic mass is 16.6. The Balaban J connectivity index is 3.29. The molecule has 0 heterocycles. The molecule has 0 aliphatic carbocycles. The van der Waals surface area contributed by atoms with Crippen LogP contribution in [0.5, 0.6) is 0 Å². The molecular weight excluding hydrogens is 146 g/mol. The molecule has 0 spiro atoms. The summed E-state index contributed by atoms with van der Waals surface area (Å²) >= 11 is 0. The minimum absolute atomic E-state index is 0.139. The highest BCUT2D eigenvalue weighted by molar-refractivity contribution is 5.68. The average molecular weight is 161 g/mol. The Kier molecular flexibility index (Phi) is 5.78. The lowest BCUT2D eigenvalue weighted by atomic mass is 10.5. The van der Waals surface area contributed by atoms with Gasteiger partial charge < -0.3 is 15.2 Å². The number of carbonyl (C=O) groups is 1. The molecule has 4 nitrogen and oxygen atoms in total. The van der Waals surface area contributed by atoms with Crippen LogP contribution >= 0.6 is 0 Å². The van der Waals surface area contributed by atoms with Gasteiger partial charge in [0, 0.05) is 13.0 Å². The molecule has 1 unspecified atom stereocenters. The van der Waals surface area contributed by atoms with Crippen LogP contribution in [0.25, 0.3) is 0 Å². The lowest BCUT2D eigenvalue weighted by molar-refractivity contribution is -0.147. The smallest absolute Gasteiger partial charge is 0.305 e. The summed E-state index contributed by atoms with van der Waals surface area (Å²) in [5.41, 5.74) is 5.39. The first-order valence-corrected chi connectivity index (χ1v) is 3.73. The monoisotopic (exact) mass is 161 g/mol. The van der Waals surface area contributed by atoms with Crippen LogP contribution in [0.1, 0.15) is 20.3 Å². The van der Waals surface area contributed by atoms with E-state index in [2.05, 4.69) is 0 Å². The van der Waals surface area contributed by atoms with Crippen LogP contribution in [-0.2, 0) is 14.3 Å². The van der Waals surface area contributed by atoms with Crippen LogP contribution in [0.15, 0.2) is 0 Å². The molecule has 0 amide bonds. The Hall–Kier alpha value is -0.610. The third-order valence-electron chi connectivity index (χ3n) is 1.08. The van der Waals surface area contributed by atoms with E-state index in [9.17, 15) is 4.79 Å². The number of carbonyl (C=O) groups excluding carboxylic acids is 1. The normalized spacial score (nSPS) is 12.6. The van der Waals surface area contributed by atoms with Gasteiger partial charge in [-0.2, -0.15) is 0 Å². The number of nitrogens with two attached hydrogens (primary N) is 1. The molecule has 0 aliphatic heterocycles. The Morgan fingerprint density at radius 1 is 1.55 bits per heavy atom. The zero-order chi connectivity index (χ0) is 8.69. The molecule has 0 aromatic rings. The van der Waals surface area contributed by atoms with Crippen molar-refractivity contribution in [3.8, 4) is 0 Å². The molecule has 0 rings (SSSR count). The van der Waals surface area contributed by atoms with E-state index in [1.54, 1.807) is 6.92 Å². The topological polar surface area (TPSA) is 61.6 Å². The van der Waals surface area contributed by atoms with Gasteiger partial charge in [-0.3, -0.25) is 4.79 Å². The summed E-state index contributed by atoms with van der Waals surface area (Å²) in [4.78, 5) is 10.6. The van der Waals surface area contributed by atoms with Gasteiger partial charge >= 0.3 is 5.97 Å². The second kappa shape index (κ2) is 6.12. The predicted molar refractivity (Wildman–Crippen MR) is 40.9 cm³/mol. The summed E-state index contributed by atoms with van der Waals surface area (Å²) in [5.74, 6) is -0.250. The second-order valence-electron chi connectivity index (χ2n) is 2.03. The van der Waals surface area contributed by atoms with Gasteiger partial charge in [0.15, 0.2) is 0 Å². The maximum absolute atomic E-state index is 10.6. The summed E-state index contributed by atoms with van der Waals surface area (Å²) in [6.45, 7) is 4.24. The van der Waals surface area contributed by atoms with E-state index < -0.39 is 6.23 Å². The summed E-state index contributed by atoms with van der Waals surface area (Å²) in [6, 6.07) is 0. The van der Waals surface area contributed by atoms with E-state index in [0.717, 1.165) is 0 Å². The zero-order valence-electron chi connectivity index (χ0n) is 7.00. The minimum Gasteiger partial charge on any atom is -0.461 e. The molecular formula is C7H15NO3. The van der Waals surface area contributed by atoms with Crippen molar-refractivity contribution in [1.82, 2.24) is 0 Å². The summed E-state index contributed by atoms with van der Waals surface area (Å²) in [6.07, 6.45) is -0.116. The molecule has 0 bridgehead atoms. The van der Waals surface area contributed by atoms with Crippen LogP contribution in [0.2, 0.25) is 0 Å². The molecule has 0 saturated carbocycles. The molecule has 4 heteroatoms. The quantitative estimate of drug-likeness (QED) is 0.464. The van der Waals surface area contributed by atoms with Crippen LogP contribution in [0, 0.1) is 0 Å². The van der Waals surface area contributed by atoms with Crippen molar-refractivity contribution in [2.75, 3.05) is 13.2 Å². The first-order valence-electron chi connectivity index (χ1n) is 3.73. The van der Waals surface area contributed by atoms with Crippen molar-refractivity contribution < 1.29 is 14.3 Å². The largest absolute Gasteiger partial charge is 0.461 e. The van der Waals surface area contributed by atoms with Crippen molar-refractivity contribution in [3.63, 3.8) is 0 Å². The van der Waals surface area contributed by atoms with Gasteiger partial charge in [-0.1, -0.05) is 6.92 Å². The zero-order valence-corrected chi connectivity index (χ0v) is 7.00. The van der Waals surface area contributed by atoms with Crippen molar-refractivity contribution in [1.29, 1.82) is 0 Å². The molecule has 11 heavy (non-hydrogen) atoms. The minimum atomic E-state index is -0.490. The lowest BCUT2D eigenvalue weighted by Crippen LogP contribution is -2.30. The highest BCUT2D eigenvalue weighted by Crippen LogP contribution is 1.88. The number of hydrogen-bond acceptors (Lipinski definition) is 4. The number of hydrogen-bond donors (Lipinski definition) is 1. The van der Waals surface area contributed by atoms with E-state index >= 15 is 0 Å². The van der Waals surface area contributed by atoms with Gasteiger partial charge in [0.1, 0.15) is 12.8 Å². The van der Waals surface area contributed by atoms with E-state index in [0.29, 0.717) is 13.0 Å². The maximum Gasteiger partial charge on any atom is 0.305 e. The number of esters is 1. The Morgan fingerprint density at radius 2 is 2.18 bits per heavy atom. The van der Waals surface area contributed by atoms with E-state index in [4.69, 9.17) is 15.2 Å². The molecule has 0 fully saturated rings. The third kappa shape index (κ3) is 5.82. The molecule has 0 aromatic carbocycles. The van der Waals surface area contributed by atoms with E-state index in [-0.39, 0.29) is 12.6 Å². The van der Waals surface area contributed by atoms with Gasteiger partial charge in [-0.25, -0.2) is 0 Å². The SMILES string of the molecule is CCOC(N)COC(=O)CC. The Bertz CT molecular complexity index is 116. The number of ether oxygens (including phenoxy) is 2. The Morgan fingerprint density at radius 3 is 2.64 bits per heavy atom. The van der Waals surface area contributed by atoms with Crippen molar-refractivity contribution >= 4 is 5.97 Å². The van der Waals surface area contributed by atoms with Crippen LogP contribution in [-0.4, -0.2) is 25.4 Å². The molecule has 1 atom stereocenters. The fourth-order valence-corrected chi connectivity index (χ4v) is 0.539. The standard InChI is InChI=1S/C7H15NO3/c1-3-7(9)11-5-6(8)10-4-2/h6H,3-5,8H2,1-2H3. The average Bonchev–Trinajstić information content (AvgIpc) is 2.01. The summed E-state index contributed by atoms with van der Waals surface area (Å²) in [5, 5.41) is 0. The van der Waals surface area contributed by atoms with E-state index in [1.165, 1.54) is 0 Å². The van der Waals surface area contributed by atoms with Crippen LogP contribution in [0.4, 0.5) is 0 Å². The van der Waals surface area contributed by atoms with Crippen LogP contribution < -0.4 is 5.73 Å². The first kappa shape index (κ1) is 10.4. The van der Waals surface area contributed by atoms with Gasteiger partial charge in [0.05, 0.1) is 0 Å². The highest BCUT2D eigenvalue weighted by Gasteiger charge is 2.04. The molecule has 0 radical (unpaired) electrons. The lowest BCUT2D eigenvalue weighted by Gasteiger charge is -2.10. The fourth-order valence-electron chi connectivity index (χ4n) is 0.539. The van der Waals surface area contributed by atoms with Crippen molar-refractivity contribution in [2.45, 2.75) is 26.5 Å². The molecule has 0 aliphatic rings. The van der Waals surface area contributed by atoms with Gasteiger partial charge in [0.2, 0.25) is 0 Å². The van der Waals surface area contributed by atoms with Gasteiger partial charge in [0.25, 0.3) is 0 Å². The molecule has 2 N–H and O–H groups in total. The fraction of sp³-hybridized carbons (Fsp3) is 0.857. The second-order valence-corrected chi connectivity index (χ2v) is 2.03. The van der Waals surface area contributed by atoms with Crippen molar-refractivity contribution in [3.05, 3.63) is 0 Å². The van der Waals surface area contributed by atoms with Gasteiger partial charge in [-0.05, 0) is 6.92 Å². The van der Waals surface area contributed by atoms with Crippen molar-refractivity contribution in [2.24, 2.45) is 5.73 Å². The Labute approximate surface area is 66.7 Å². The van der Waals surface area contributed by atoms with Gasteiger partial charge in [-0.15, -0.1) is 0 Å². The summed E-state index contributed by atoms with van der Waals surface area (Å²) in [7, 11) is 0. The first-order chi connectivity index (χ1) is 5.20. The van der Waals surface area contributed by atoms with E-state index in [1.807, 2.05) is 6.92 Å². The molecule has 0 saturated heterocycles. The maximum atomic E-state index is 10.6. The number of rotatable bonds is 5. The third-order valence-corrected chi connectivity index (χ3v) is 1.08. The molecule has 66 valence electrons.